The highest BCUT2D eigenvalue weighted by molar-refractivity contribution is 7.13. The van der Waals surface area contributed by atoms with E-state index in [2.05, 4.69) is 31.7 Å². The second kappa shape index (κ2) is 22.0. The summed E-state index contributed by atoms with van der Waals surface area (Å²) in [6.45, 7) is 10.5. The Bertz CT molecular complexity index is 2410. The number of halogens is 2. The normalized spacial score (nSPS) is 19.3. The maximum absolute atomic E-state index is 14.0. The van der Waals surface area contributed by atoms with Gasteiger partial charge in [-0.1, -0.05) is 63.2 Å². The maximum Gasteiger partial charge on any atom is 0.251 e. The Morgan fingerprint density at radius 2 is 1.74 bits per heavy atom. The number of carbonyl (C=O) groups is 3. The van der Waals surface area contributed by atoms with Crippen molar-refractivity contribution in [2.24, 2.45) is 5.41 Å². The molecule has 5 atom stereocenters. The molecular weight excluding hydrogens is 869 g/mol. The van der Waals surface area contributed by atoms with Crippen LogP contribution >= 0.6 is 11.3 Å². The SMILES string of the molecule is Cc1ncsc1-c1ccc(CNC(=O)[C@@H]2C[C@@H](O)CN2C(=O)C(NC(=O)COCCCCOCCOc2ccc([C@@H]3c4[nH]c5ccccc5c4C[C@@H](C)N3CC(F)F)nc2)C(C)(C)C)cc1. The van der Waals surface area contributed by atoms with E-state index in [9.17, 15) is 28.3 Å². The number of alkyl halides is 2. The summed E-state index contributed by atoms with van der Waals surface area (Å²) in [5.74, 6) is -0.727. The molecule has 2 aliphatic rings. The molecule has 4 N–H and O–H groups in total. The number of aromatic amines is 1. The van der Waals surface area contributed by atoms with Crippen molar-refractivity contribution in [2.45, 2.75) is 104 Å². The van der Waals surface area contributed by atoms with Gasteiger partial charge in [-0.3, -0.25) is 24.3 Å². The number of carbonyl (C=O) groups excluding carboxylic acids is 3. The number of nitrogens with zero attached hydrogens (tertiary/aromatic N) is 4. The first-order valence-electron chi connectivity index (χ1n) is 22.6. The number of aryl methyl sites for hydroxylation is 1. The van der Waals surface area contributed by atoms with Crippen molar-refractivity contribution in [1.29, 1.82) is 0 Å². The molecule has 5 aromatic rings. The van der Waals surface area contributed by atoms with E-state index in [1.54, 1.807) is 23.6 Å². The number of fused-ring (bicyclic) bond motifs is 3. The molecule has 2 aromatic carbocycles. The van der Waals surface area contributed by atoms with Gasteiger partial charge in [0.25, 0.3) is 6.43 Å². The number of para-hydroxylation sites is 1. The Morgan fingerprint density at radius 1 is 0.985 bits per heavy atom. The first-order chi connectivity index (χ1) is 31.7. The van der Waals surface area contributed by atoms with E-state index < -0.39 is 47.9 Å². The average Bonchev–Trinajstić information content (AvgIpc) is 4.01. The van der Waals surface area contributed by atoms with E-state index in [4.69, 9.17) is 14.2 Å². The van der Waals surface area contributed by atoms with Crippen molar-refractivity contribution in [3.05, 3.63) is 101 Å². The van der Waals surface area contributed by atoms with Gasteiger partial charge in [0.15, 0.2) is 0 Å². The van der Waals surface area contributed by atoms with Crippen LogP contribution in [0.1, 0.15) is 81.2 Å². The molecule has 0 bridgehead atoms. The highest BCUT2D eigenvalue weighted by Crippen LogP contribution is 2.41. The van der Waals surface area contributed by atoms with Crippen LogP contribution in [0.25, 0.3) is 21.3 Å². The molecule has 354 valence electrons. The first-order valence-corrected chi connectivity index (χ1v) is 23.5. The van der Waals surface area contributed by atoms with Crippen molar-refractivity contribution in [1.82, 2.24) is 35.4 Å². The number of unbranched alkanes of at least 4 members (excludes halogenated alkanes) is 1. The van der Waals surface area contributed by atoms with Crippen LogP contribution in [0.15, 0.2) is 72.4 Å². The van der Waals surface area contributed by atoms with E-state index in [1.165, 1.54) is 4.90 Å². The molecule has 1 unspecified atom stereocenters. The molecule has 5 heterocycles. The molecule has 3 aromatic heterocycles. The fourth-order valence-corrected chi connectivity index (χ4v) is 9.60. The third-order valence-electron chi connectivity index (χ3n) is 12.2. The highest BCUT2D eigenvalue weighted by atomic mass is 32.1. The number of H-pyrrole nitrogens is 1. The zero-order chi connectivity index (χ0) is 47.0. The number of ether oxygens (including phenoxy) is 3. The van der Waals surface area contributed by atoms with Crippen LogP contribution in [0.5, 0.6) is 5.75 Å². The number of nitrogens with one attached hydrogen (secondary N) is 3. The predicted molar refractivity (Wildman–Crippen MR) is 248 cm³/mol. The number of aromatic nitrogens is 3. The maximum atomic E-state index is 14.0. The molecule has 0 spiro atoms. The Kier molecular flexibility index (Phi) is 16.2. The number of aliphatic hydroxyl groups excluding tert-OH is 1. The number of β-amino-alcohol motifs (C(OH)–C–C–N with tert-alkyl or cyclic N) is 1. The van der Waals surface area contributed by atoms with E-state index in [0.717, 1.165) is 43.9 Å². The number of amides is 3. The zero-order valence-electron chi connectivity index (χ0n) is 38.2. The molecule has 66 heavy (non-hydrogen) atoms. The van der Waals surface area contributed by atoms with Gasteiger partial charge < -0.3 is 39.8 Å². The van der Waals surface area contributed by atoms with Gasteiger partial charge in [-0.25, -0.2) is 13.8 Å². The van der Waals surface area contributed by atoms with Gasteiger partial charge in [-0.05, 0) is 73.4 Å². The molecule has 1 fully saturated rings. The van der Waals surface area contributed by atoms with Crippen molar-refractivity contribution in [2.75, 3.05) is 46.1 Å². The largest absolute Gasteiger partial charge is 0.490 e. The van der Waals surface area contributed by atoms with E-state index in [0.29, 0.717) is 57.1 Å². The van der Waals surface area contributed by atoms with Gasteiger partial charge in [0, 0.05) is 55.4 Å². The fraction of sp³-hybridized carbons (Fsp3) is 0.490. The Hall–Kier alpha value is -5.33. The highest BCUT2D eigenvalue weighted by Gasteiger charge is 2.44. The number of rotatable bonds is 20. The summed E-state index contributed by atoms with van der Waals surface area (Å²) < 4.78 is 44.7. The number of benzene rings is 2. The van der Waals surface area contributed by atoms with Crippen LogP contribution in [-0.4, -0.2) is 124 Å². The third-order valence-corrected chi connectivity index (χ3v) is 13.2. The van der Waals surface area contributed by atoms with E-state index in [1.807, 2.05) is 93.6 Å². The van der Waals surface area contributed by atoms with Crippen LogP contribution < -0.4 is 15.4 Å². The number of aliphatic hydroxyl groups is 1. The van der Waals surface area contributed by atoms with Crippen LogP contribution in [0.3, 0.4) is 0 Å². The van der Waals surface area contributed by atoms with Gasteiger partial charge in [0.1, 0.15) is 31.0 Å². The third kappa shape index (κ3) is 12.0. The molecule has 2 aliphatic heterocycles. The van der Waals surface area contributed by atoms with Crippen LogP contribution in [0.4, 0.5) is 8.78 Å². The summed E-state index contributed by atoms with van der Waals surface area (Å²) >= 11 is 1.57. The fourth-order valence-electron chi connectivity index (χ4n) is 8.79. The van der Waals surface area contributed by atoms with Gasteiger partial charge in [0.05, 0.1) is 53.3 Å². The van der Waals surface area contributed by atoms with Crippen molar-refractivity contribution in [3.63, 3.8) is 0 Å². The molecule has 0 aliphatic carbocycles. The van der Waals surface area contributed by atoms with Crippen molar-refractivity contribution >= 4 is 40.0 Å². The lowest BCUT2D eigenvalue weighted by Crippen LogP contribution is -2.58. The summed E-state index contributed by atoms with van der Waals surface area (Å²) in [7, 11) is 0. The van der Waals surface area contributed by atoms with Gasteiger partial charge in [-0.15, -0.1) is 11.3 Å². The smallest absolute Gasteiger partial charge is 0.251 e. The van der Waals surface area contributed by atoms with Crippen LogP contribution in [0, 0.1) is 12.3 Å². The molecule has 0 radical (unpaired) electrons. The topological polar surface area (TPSA) is 171 Å². The Balaban J connectivity index is 0.799. The standard InChI is InChI=1S/C49H61F2N7O7S/c1-30-22-37-36-10-6-7-11-38(36)55-43(37)44(57(30)27-41(50)51)39-17-16-35(25-52-39)65-21-20-63-18-8-9-19-64-28-42(60)56-46(49(3,4)5)48(62)58-26-34(59)23-40(58)47(61)53-24-32-12-14-33(15-13-32)45-31(2)54-29-66-45/h6-7,10-17,25,29-30,34,40-41,44,46,55,59H,8-9,18-24,26-28H2,1-5H3,(H,53,61)(H,56,60)/t30-,34-,40+,44-,46?/m1/s1. The quantitative estimate of drug-likeness (QED) is 0.0624. The second-order valence-corrected chi connectivity index (χ2v) is 19.0. The second-order valence-electron chi connectivity index (χ2n) is 18.2. The molecule has 7 rings (SSSR count). The monoisotopic (exact) mass is 929 g/mol. The summed E-state index contributed by atoms with van der Waals surface area (Å²) in [6.07, 6.45) is 0.348. The zero-order valence-corrected chi connectivity index (χ0v) is 39.0. The number of pyridine rings is 1. The van der Waals surface area contributed by atoms with Gasteiger partial charge >= 0.3 is 0 Å². The van der Waals surface area contributed by atoms with Crippen molar-refractivity contribution in [3.8, 4) is 16.2 Å². The average molecular weight is 930 g/mol. The summed E-state index contributed by atoms with van der Waals surface area (Å²) in [6, 6.07) is 17.1. The summed E-state index contributed by atoms with van der Waals surface area (Å²) in [4.78, 5) is 57.1. The lowest BCUT2D eigenvalue weighted by molar-refractivity contribution is -0.144. The summed E-state index contributed by atoms with van der Waals surface area (Å²) in [5.41, 5.74) is 7.69. The number of likely N-dealkylation sites (tertiary alicyclic amines) is 1. The number of hydrogen-bond acceptors (Lipinski definition) is 11. The first kappa shape index (κ1) is 48.6. The van der Waals surface area contributed by atoms with E-state index in [-0.39, 0.29) is 44.6 Å². The number of thiazole rings is 1. The summed E-state index contributed by atoms with van der Waals surface area (Å²) in [5, 5.41) is 17.4. The predicted octanol–water partition coefficient (Wildman–Crippen LogP) is 6.60. The van der Waals surface area contributed by atoms with Gasteiger partial charge in [0.2, 0.25) is 17.7 Å². The lowest BCUT2D eigenvalue weighted by Gasteiger charge is -2.40. The van der Waals surface area contributed by atoms with Crippen LogP contribution in [0.2, 0.25) is 0 Å². The molecule has 14 nitrogen and oxygen atoms in total. The Morgan fingerprint density at radius 3 is 2.44 bits per heavy atom. The minimum Gasteiger partial charge on any atom is -0.490 e. The number of hydrogen-bond donors (Lipinski definition) is 4. The molecule has 0 saturated carbocycles. The van der Waals surface area contributed by atoms with Gasteiger partial charge in [-0.2, -0.15) is 0 Å². The minimum atomic E-state index is -2.48. The van der Waals surface area contributed by atoms with E-state index >= 15 is 0 Å². The van der Waals surface area contributed by atoms with Crippen molar-refractivity contribution < 1.29 is 42.5 Å². The molecule has 3 amide bonds. The molecule has 17 heteroatoms. The van der Waals surface area contributed by atoms with Crippen LogP contribution in [-0.2, 0) is 36.8 Å². The minimum absolute atomic E-state index is 0.0167. The Labute approximate surface area is 388 Å². The lowest BCUT2D eigenvalue weighted by atomic mass is 9.85. The molecular formula is C49H61F2N7O7S. The molecule has 1 saturated heterocycles.